The van der Waals surface area contributed by atoms with Gasteiger partial charge < -0.3 is 0 Å². The van der Waals surface area contributed by atoms with Gasteiger partial charge in [-0.05, 0) is 36.5 Å². The fraction of sp³-hybridized carbons (Fsp3) is 0.500. The van der Waals surface area contributed by atoms with Crippen LogP contribution in [0.2, 0.25) is 0 Å². The number of piperidine rings is 1. The van der Waals surface area contributed by atoms with Crippen LogP contribution >= 0.6 is 0 Å². The van der Waals surface area contributed by atoms with Gasteiger partial charge in [0.2, 0.25) is 11.8 Å². The second-order valence-electron chi connectivity index (χ2n) is 5.84. The first-order valence-corrected chi connectivity index (χ1v) is 7.24. The van der Waals surface area contributed by atoms with E-state index in [1.54, 1.807) is 12.1 Å². The van der Waals surface area contributed by atoms with Crippen LogP contribution in [-0.4, -0.2) is 11.8 Å². The molecule has 3 rings (SSSR count). The largest absolute Gasteiger partial charge is 0.296 e. The maximum atomic E-state index is 13.1. The van der Waals surface area contributed by atoms with Crippen LogP contribution in [0.25, 0.3) is 0 Å². The quantitative estimate of drug-likeness (QED) is 0.844. The molecule has 1 N–H and O–H groups in total. The molecule has 4 heteroatoms. The van der Waals surface area contributed by atoms with Crippen molar-refractivity contribution in [3.05, 3.63) is 35.6 Å². The van der Waals surface area contributed by atoms with Crippen LogP contribution in [0.5, 0.6) is 0 Å². The van der Waals surface area contributed by atoms with Crippen molar-refractivity contribution in [1.82, 2.24) is 5.32 Å². The van der Waals surface area contributed by atoms with Crippen molar-refractivity contribution in [2.45, 2.75) is 38.0 Å². The van der Waals surface area contributed by atoms with E-state index in [2.05, 4.69) is 5.32 Å². The van der Waals surface area contributed by atoms with Gasteiger partial charge in [0.1, 0.15) is 5.82 Å². The molecule has 0 aromatic heterocycles. The van der Waals surface area contributed by atoms with Crippen LogP contribution in [0.15, 0.2) is 24.3 Å². The molecule has 1 aromatic rings. The van der Waals surface area contributed by atoms with E-state index in [1.807, 2.05) is 0 Å². The summed E-state index contributed by atoms with van der Waals surface area (Å²) < 4.78 is 13.1. The van der Waals surface area contributed by atoms with Gasteiger partial charge in [-0.15, -0.1) is 0 Å². The molecule has 1 saturated carbocycles. The minimum atomic E-state index is -0.294. The van der Waals surface area contributed by atoms with Gasteiger partial charge in [-0.25, -0.2) is 4.39 Å². The normalized spacial score (nSPS) is 27.6. The molecule has 20 heavy (non-hydrogen) atoms. The first-order valence-electron chi connectivity index (χ1n) is 7.24. The predicted molar refractivity (Wildman–Crippen MR) is 72.4 cm³/mol. The Labute approximate surface area is 117 Å². The molecule has 1 aliphatic carbocycles. The van der Waals surface area contributed by atoms with Crippen LogP contribution < -0.4 is 5.32 Å². The molecule has 0 spiro atoms. The van der Waals surface area contributed by atoms with E-state index in [1.165, 1.54) is 12.1 Å². The Morgan fingerprint density at radius 3 is 2.35 bits per heavy atom. The number of amides is 2. The van der Waals surface area contributed by atoms with Gasteiger partial charge in [0, 0.05) is 18.3 Å². The highest BCUT2D eigenvalue weighted by atomic mass is 19.1. The highest BCUT2D eigenvalue weighted by molar-refractivity contribution is 6.00. The van der Waals surface area contributed by atoms with Crippen molar-refractivity contribution in [2.24, 2.45) is 11.8 Å². The van der Waals surface area contributed by atoms with E-state index in [4.69, 9.17) is 0 Å². The van der Waals surface area contributed by atoms with Gasteiger partial charge in [0.25, 0.3) is 0 Å². The fourth-order valence-corrected chi connectivity index (χ4v) is 3.68. The lowest BCUT2D eigenvalue weighted by molar-refractivity contribution is -0.138. The number of nitrogens with one attached hydrogen (secondary N) is 1. The SMILES string of the molecule is O=C1CC(c2ccc(F)cc2)C(C2CCCC2)C(=O)N1. The van der Waals surface area contributed by atoms with Crippen molar-refractivity contribution >= 4 is 11.8 Å². The first-order chi connectivity index (χ1) is 9.65. The van der Waals surface area contributed by atoms with Crippen LogP contribution in [0.3, 0.4) is 0 Å². The van der Waals surface area contributed by atoms with E-state index in [0.29, 0.717) is 12.3 Å². The molecule has 2 unspecified atom stereocenters. The maximum absolute atomic E-state index is 13.1. The average molecular weight is 275 g/mol. The van der Waals surface area contributed by atoms with Gasteiger partial charge in [-0.1, -0.05) is 25.0 Å². The van der Waals surface area contributed by atoms with Crippen LogP contribution in [-0.2, 0) is 9.59 Å². The summed E-state index contributed by atoms with van der Waals surface area (Å²) in [7, 11) is 0. The first kappa shape index (κ1) is 13.3. The van der Waals surface area contributed by atoms with Crippen LogP contribution in [0.4, 0.5) is 4.39 Å². The predicted octanol–water partition coefficient (Wildman–Crippen LogP) is 2.76. The third kappa shape index (κ3) is 2.47. The Kier molecular flexibility index (Phi) is 3.55. The summed E-state index contributed by atoms with van der Waals surface area (Å²) in [5, 5.41) is 2.47. The van der Waals surface area contributed by atoms with Crippen LogP contribution in [0, 0.1) is 17.7 Å². The van der Waals surface area contributed by atoms with Gasteiger partial charge in [-0.2, -0.15) is 0 Å². The molecule has 1 heterocycles. The van der Waals surface area contributed by atoms with Crippen molar-refractivity contribution in [3.63, 3.8) is 0 Å². The zero-order valence-electron chi connectivity index (χ0n) is 11.3. The van der Waals surface area contributed by atoms with Crippen molar-refractivity contribution in [2.75, 3.05) is 0 Å². The summed E-state index contributed by atoms with van der Waals surface area (Å²) in [6, 6.07) is 6.21. The lowest BCUT2D eigenvalue weighted by Crippen LogP contribution is -2.47. The number of carbonyl (C=O) groups excluding carboxylic acids is 2. The van der Waals surface area contributed by atoms with E-state index in [-0.39, 0.29) is 29.5 Å². The third-order valence-corrected chi connectivity index (χ3v) is 4.61. The lowest BCUT2D eigenvalue weighted by Gasteiger charge is -2.34. The molecule has 2 fully saturated rings. The molecule has 2 amide bonds. The van der Waals surface area contributed by atoms with E-state index < -0.39 is 0 Å². The monoisotopic (exact) mass is 275 g/mol. The summed E-state index contributed by atoms with van der Waals surface area (Å²) in [5.74, 6) is -0.586. The molecule has 0 bridgehead atoms. The van der Waals surface area contributed by atoms with Crippen LogP contribution in [0.1, 0.15) is 43.6 Å². The molecular formula is C16H18FNO2. The molecule has 1 aromatic carbocycles. The Balaban J connectivity index is 1.92. The molecule has 1 aliphatic heterocycles. The molecule has 0 radical (unpaired) electrons. The van der Waals surface area contributed by atoms with Crippen molar-refractivity contribution in [3.8, 4) is 0 Å². The number of benzene rings is 1. The zero-order chi connectivity index (χ0) is 14.1. The number of rotatable bonds is 2. The lowest BCUT2D eigenvalue weighted by atomic mass is 9.73. The zero-order valence-corrected chi connectivity index (χ0v) is 11.3. The summed E-state index contributed by atoms with van der Waals surface area (Å²) in [6.45, 7) is 0. The molecule has 3 nitrogen and oxygen atoms in total. The smallest absolute Gasteiger partial charge is 0.230 e. The van der Waals surface area contributed by atoms with Gasteiger partial charge >= 0.3 is 0 Å². The number of hydrogen-bond acceptors (Lipinski definition) is 2. The van der Waals surface area contributed by atoms with Gasteiger partial charge in [0.15, 0.2) is 0 Å². The minimum absolute atomic E-state index is 0.111. The minimum Gasteiger partial charge on any atom is -0.296 e. The second kappa shape index (κ2) is 5.35. The summed E-state index contributed by atoms with van der Waals surface area (Å²) in [5.41, 5.74) is 0.895. The van der Waals surface area contributed by atoms with E-state index in [9.17, 15) is 14.0 Å². The number of halogens is 1. The highest BCUT2D eigenvalue weighted by Crippen LogP contribution is 2.42. The number of carbonyl (C=O) groups is 2. The fourth-order valence-electron chi connectivity index (χ4n) is 3.68. The summed E-state index contributed by atoms with van der Waals surface area (Å²) >= 11 is 0. The van der Waals surface area contributed by atoms with Gasteiger partial charge in [-0.3, -0.25) is 14.9 Å². The summed E-state index contributed by atoms with van der Waals surface area (Å²) in [4.78, 5) is 23.9. The maximum Gasteiger partial charge on any atom is 0.230 e. The molecule has 2 aliphatic rings. The highest BCUT2D eigenvalue weighted by Gasteiger charge is 2.42. The second-order valence-corrected chi connectivity index (χ2v) is 5.84. The topological polar surface area (TPSA) is 46.2 Å². The average Bonchev–Trinajstić information content (AvgIpc) is 2.92. The Hall–Kier alpha value is -1.71. The summed E-state index contributed by atoms with van der Waals surface area (Å²) in [6.07, 6.45) is 4.71. The Bertz CT molecular complexity index is 520. The molecule has 2 atom stereocenters. The Morgan fingerprint density at radius 1 is 1.05 bits per heavy atom. The Morgan fingerprint density at radius 2 is 1.70 bits per heavy atom. The molecule has 106 valence electrons. The number of imide groups is 1. The van der Waals surface area contributed by atoms with Crippen molar-refractivity contribution < 1.29 is 14.0 Å². The van der Waals surface area contributed by atoms with E-state index in [0.717, 1.165) is 31.2 Å². The van der Waals surface area contributed by atoms with E-state index >= 15 is 0 Å². The molecule has 1 saturated heterocycles. The number of hydrogen-bond donors (Lipinski definition) is 1. The third-order valence-electron chi connectivity index (χ3n) is 4.61. The standard InChI is InChI=1S/C16H18FNO2/c17-12-7-5-10(6-8-12)13-9-14(19)18-16(20)15(13)11-3-1-2-4-11/h5-8,11,13,15H,1-4,9H2,(H,18,19,20). The van der Waals surface area contributed by atoms with Gasteiger partial charge in [0.05, 0.1) is 0 Å². The molecular weight excluding hydrogens is 257 g/mol. The van der Waals surface area contributed by atoms with Crippen molar-refractivity contribution in [1.29, 1.82) is 0 Å².